The quantitative estimate of drug-likeness (QED) is 0.782. The van der Waals surface area contributed by atoms with E-state index in [4.69, 9.17) is 16.2 Å². The van der Waals surface area contributed by atoms with Crippen LogP contribution in [0.15, 0.2) is 36.4 Å². The van der Waals surface area contributed by atoms with Crippen LogP contribution in [0.1, 0.15) is 5.56 Å². The van der Waals surface area contributed by atoms with Crippen LogP contribution in [-0.2, 0) is 0 Å². The van der Waals surface area contributed by atoms with Crippen LogP contribution in [-0.4, -0.2) is 0 Å². The van der Waals surface area contributed by atoms with Crippen molar-refractivity contribution in [3.8, 4) is 11.5 Å². The van der Waals surface area contributed by atoms with E-state index in [1.165, 1.54) is 0 Å². The third kappa shape index (κ3) is 2.30. The molecular formula is C13H13FN2O. The number of benzene rings is 2. The van der Waals surface area contributed by atoms with Crippen LogP contribution in [0.5, 0.6) is 11.5 Å². The van der Waals surface area contributed by atoms with Gasteiger partial charge in [0.05, 0.1) is 11.4 Å². The number of rotatable bonds is 2. The van der Waals surface area contributed by atoms with Crippen LogP contribution < -0.4 is 16.2 Å². The van der Waals surface area contributed by atoms with Crippen molar-refractivity contribution in [1.82, 2.24) is 0 Å². The average Bonchev–Trinajstić information content (AvgIpc) is 2.30. The summed E-state index contributed by atoms with van der Waals surface area (Å²) in [5.74, 6) is 0.262. The Morgan fingerprint density at radius 1 is 1.06 bits per heavy atom. The van der Waals surface area contributed by atoms with Crippen LogP contribution in [0, 0.1) is 12.7 Å². The van der Waals surface area contributed by atoms with Crippen LogP contribution >= 0.6 is 0 Å². The molecule has 0 radical (unpaired) electrons. The maximum absolute atomic E-state index is 13.7. The Bertz CT molecular complexity index is 555. The molecule has 0 aromatic heterocycles. The molecule has 3 nitrogen and oxygen atoms in total. The first-order chi connectivity index (χ1) is 8.08. The van der Waals surface area contributed by atoms with Gasteiger partial charge in [0, 0.05) is 6.07 Å². The van der Waals surface area contributed by atoms with E-state index in [2.05, 4.69) is 0 Å². The van der Waals surface area contributed by atoms with E-state index in [-0.39, 0.29) is 11.6 Å². The molecule has 2 rings (SSSR count). The number of ether oxygens (including phenoxy) is 1. The maximum Gasteiger partial charge on any atom is 0.168 e. The number of hydrogen-bond donors (Lipinski definition) is 2. The highest BCUT2D eigenvalue weighted by atomic mass is 19.1. The predicted molar refractivity (Wildman–Crippen MR) is 66.5 cm³/mol. The molecule has 4 heteroatoms. The third-order valence-corrected chi connectivity index (χ3v) is 2.44. The second-order valence-electron chi connectivity index (χ2n) is 3.78. The summed E-state index contributed by atoms with van der Waals surface area (Å²) in [5, 5.41) is 0. The fraction of sp³-hybridized carbons (Fsp3) is 0.0769. The first kappa shape index (κ1) is 11.3. The lowest BCUT2D eigenvalue weighted by Crippen LogP contribution is -1.96. The Kier molecular flexibility index (Phi) is 2.87. The van der Waals surface area contributed by atoms with Gasteiger partial charge in [-0.1, -0.05) is 12.1 Å². The molecule has 0 fully saturated rings. The third-order valence-electron chi connectivity index (χ3n) is 2.44. The highest BCUT2D eigenvalue weighted by Gasteiger charge is 2.07. The van der Waals surface area contributed by atoms with Gasteiger partial charge in [0.2, 0.25) is 0 Å². The predicted octanol–water partition coefficient (Wildman–Crippen LogP) is 3.09. The van der Waals surface area contributed by atoms with E-state index in [0.29, 0.717) is 22.7 Å². The minimum Gasteiger partial charge on any atom is -0.454 e. The zero-order chi connectivity index (χ0) is 12.4. The summed E-state index contributed by atoms with van der Waals surface area (Å²) in [6.45, 7) is 1.68. The Labute approximate surface area is 98.8 Å². The van der Waals surface area contributed by atoms with E-state index in [1.807, 2.05) is 0 Å². The van der Waals surface area contributed by atoms with Gasteiger partial charge in [-0.25, -0.2) is 4.39 Å². The second kappa shape index (κ2) is 4.33. The monoisotopic (exact) mass is 232 g/mol. The van der Waals surface area contributed by atoms with Crippen molar-refractivity contribution in [1.29, 1.82) is 0 Å². The fourth-order valence-electron chi connectivity index (χ4n) is 1.44. The number of anilines is 2. The highest BCUT2D eigenvalue weighted by Crippen LogP contribution is 2.29. The topological polar surface area (TPSA) is 61.3 Å². The number of halogens is 1. The summed E-state index contributed by atoms with van der Waals surface area (Å²) in [6, 6.07) is 9.81. The molecular weight excluding hydrogens is 219 g/mol. The smallest absolute Gasteiger partial charge is 0.168 e. The Balaban J connectivity index is 2.31. The van der Waals surface area contributed by atoms with Gasteiger partial charge < -0.3 is 16.2 Å². The largest absolute Gasteiger partial charge is 0.454 e. The molecule has 4 N–H and O–H groups in total. The molecule has 0 bridgehead atoms. The lowest BCUT2D eigenvalue weighted by molar-refractivity contribution is 0.440. The number of nitrogens with two attached hydrogens (primary N) is 2. The molecule has 0 spiro atoms. The summed E-state index contributed by atoms with van der Waals surface area (Å²) in [4.78, 5) is 0. The van der Waals surface area contributed by atoms with E-state index in [0.717, 1.165) is 0 Å². The Morgan fingerprint density at radius 2 is 1.82 bits per heavy atom. The highest BCUT2D eigenvalue weighted by molar-refractivity contribution is 5.65. The van der Waals surface area contributed by atoms with Crippen LogP contribution in [0.25, 0.3) is 0 Å². The van der Waals surface area contributed by atoms with Crippen LogP contribution in [0.3, 0.4) is 0 Å². The Hall–Kier alpha value is -2.23. The summed E-state index contributed by atoms with van der Waals surface area (Å²) < 4.78 is 19.1. The lowest BCUT2D eigenvalue weighted by Gasteiger charge is -2.09. The molecule has 0 saturated carbocycles. The molecule has 0 amide bonds. The van der Waals surface area contributed by atoms with Gasteiger partial charge in [-0.05, 0) is 30.7 Å². The van der Waals surface area contributed by atoms with Crippen molar-refractivity contribution in [3.05, 3.63) is 47.8 Å². The zero-order valence-electron chi connectivity index (χ0n) is 9.41. The minimum atomic E-state index is -0.372. The second-order valence-corrected chi connectivity index (χ2v) is 3.78. The van der Waals surface area contributed by atoms with E-state index in [1.54, 1.807) is 43.3 Å². The fourth-order valence-corrected chi connectivity index (χ4v) is 1.44. The summed E-state index contributed by atoms with van der Waals surface area (Å²) in [6.07, 6.45) is 0. The summed E-state index contributed by atoms with van der Waals surface area (Å²) in [5.41, 5.74) is 12.6. The molecule has 0 unspecified atom stereocenters. The van der Waals surface area contributed by atoms with Crippen molar-refractivity contribution in [2.45, 2.75) is 6.92 Å². The molecule has 0 heterocycles. The summed E-state index contributed by atoms with van der Waals surface area (Å²) in [7, 11) is 0. The molecule has 17 heavy (non-hydrogen) atoms. The molecule has 0 aliphatic carbocycles. The van der Waals surface area contributed by atoms with Gasteiger partial charge in [0.15, 0.2) is 11.6 Å². The molecule has 0 saturated heterocycles. The van der Waals surface area contributed by atoms with Crippen molar-refractivity contribution < 1.29 is 9.13 Å². The van der Waals surface area contributed by atoms with Gasteiger partial charge in [0.1, 0.15) is 5.75 Å². The first-order valence-corrected chi connectivity index (χ1v) is 5.16. The first-order valence-electron chi connectivity index (χ1n) is 5.16. The van der Waals surface area contributed by atoms with E-state index in [9.17, 15) is 4.39 Å². The number of aryl methyl sites for hydroxylation is 1. The van der Waals surface area contributed by atoms with Crippen molar-refractivity contribution in [2.24, 2.45) is 0 Å². The number of nitrogen functional groups attached to an aromatic ring is 2. The summed E-state index contributed by atoms with van der Waals surface area (Å²) >= 11 is 0. The molecule has 0 aliphatic heterocycles. The van der Waals surface area contributed by atoms with Gasteiger partial charge in [-0.15, -0.1) is 0 Å². The van der Waals surface area contributed by atoms with E-state index < -0.39 is 0 Å². The van der Waals surface area contributed by atoms with Crippen LogP contribution in [0.2, 0.25) is 0 Å². The van der Waals surface area contributed by atoms with Crippen molar-refractivity contribution in [3.63, 3.8) is 0 Å². The van der Waals surface area contributed by atoms with E-state index >= 15 is 0 Å². The van der Waals surface area contributed by atoms with Gasteiger partial charge in [-0.3, -0.25) is 0 Å². The SMILES string of the molecule is Cc1cccc(Oc2ccc(N)c(N)c2)c1F. The molecule has 2 aromatic rings. The Morgan fingerprint density at radius 3 is 2.53 bits per heavy atom. The maximum atomic E-state index is 13.7. The molecule has 0 aliphatic rings. The van der Waals surface area contributed by atoms with Crippen molar-refractivity contribution in [2.75, 3.05) is 11.5 Å². The lowest BCUT2D eigenvalue weighted by atomic mass is 10.2. The standard InChI is InChI=1S/C13H13FN2O/c1-8-3-2-4-12(13(8)14)17-9-5-6-10(15)11(16)7-9/h2-7H,15-16H2,1H3. The molecule has 2 aromatic carbocycles. The minimum absolute atomic E-state index is 0.175. The van der Waals surface area contributed by atoms with Gasteiger partial charge in [0.25, 0.3) is 0 Å². The zero-order valence-corrected chi connectivity index (χ0v) is 9.41. The van der Waals surface area contributed by atoms with Gasteiger partial charge in [-0.2, -0.15) is 0 Å². The normalized spacial score (nSPS) is 10.2. The average molecular weight is 232 g/mol. The molecule has 88 valence electrons. The van der Waals surface area contributed by atoms with Crippen LogP contribution in [0.4, 0.5) is 15.8 Å². The van der Waals surface area contributed by atoms with Crippen molar-refractivity contribution >= 4 is 11.4 Å². The van der Waals surface area contributed by atoms with Gasteiger partial charge >= 0.3 is 0 Å². The number of hydrogen-bond acceptors (Lipinski definition) is 3. The molecule has 0 atom stereocenters.